The summed E-state index contributed by atoms with van der Waals surface area (Å²) in [5.74, 6) is -0.127. The molecule has 2 saturated heterocycles. The highest BCUT2D eigenvalue weighted by atomic mass is 19.4. The summed E-state index contributed by atoms with van der Waals surface area (Å²) in [6.07, 6.45) is -1.96. The van der Waals surface area contributed by atoms with Crippen molar-refractivity contribution in [1.82, 2.24) is 9.80 Å². The first-order chi connectivity index (χ1) is 11.8. The van der Waals surface area contributed by atoms with E-state index in [-0.39, 0.29) is 29.3 Å². The number of hydrogen-bond acceptors (Lipinski definition) is 2. The predicted molar refractivity (Wildman–Crippen MR) is 85.9 cm³/mol. The van der Waals surface area contributed by atoms with Gasteiger partial charge in [0.15, 0.2) is 0 Å². The summed E-state index contributed by atoms with van der Waals surface area (Å²) in [5, 5.41) is 0. The predicted octanol–water partition coefficient (Wildman–Crippen LogP) is 3.18. The van der Waals surface area contributed by atoms with E-state index in [1.807, 2.05) is 4.90 Å². The maximum Gasteiger partial charge on any atom is 0.416 e. The Morgan fingerprint density at radius 3 is 2.60 bits per heavy atom. The maximum atomic E-state index is 12.9. The van der Waals surface area contributed by atoms with Crippen LogP contribution in [-0.2, 0) is 11.0 Å². The van der Waals surface area contributed by atoms with Crippen molar-refractivity contribution in [3.63, 3.8) is 0 Å². The largest absolute Gasteiger partial charge is 0.416 e. The summed E-state index contributed by atoms with van der Waals surface area (Å²) < 4.78 is 38.6. The van der Waals surface area contributed by atoms with Gasteiger partial charge >= 0.3 is 6.18 Å². The molecule has 2 heterocycles. The van der Waals surface area contributed by atoms with E-state index in [0.29, 0.717) is 19.5 Å². The summed E-state index contributed by atoms with van der Waals surface area (Å²) in [6, 6.07) is 4.70. The minimum Gasteiger partial charge on any atom is -0.340 e. The Morgan fingerprint density at radius 2 is 1.92 bits per heavy atom. The zero-order chi connectivity index (χ0) is 18.2. The van der Waals surface area contributed by atoms with Crippen LogP contribution < -0.4 is 0 Å². The van der Waals surface area contributed by atoms with E-state index >= 15 is 0 Å². The van der Waals surface area contributed by atoms with Crippen molar-refractivity contribution < 1.29 is 22.8 Å². The topological polar surface area (TPSA) is 40.6 Å². The molecular weight excluding hydrogens is 333 g/mol. The smallest absolute Gasteiger partial charge is 0.340 e. The highest BCUT2D eigenvalue weighted by Gasteiger charge is 2.38. The number of piperidine rings is 2. The number of carbonyl (C=O) groups excluding carboxylic acids is 2. The van der Waals surface area contributed by atoms with Crippen LogP contribution in [0.4, 0.5) is 13.2 Å². The molecule has 2 fully saturated rings. The number of halogens is 3. The molecule has 4 nitrogen and oxygen atoms in total. The third-order valence-electron chi connectivity index (χ3n) is 5.20. The van der Waals surface area contributed by atoms with Gasteiger partial charge in [0.2, 0.25) is 5.91 Å². The van der Waals surface area contributed by atoms with Gasteiger partial charge in [-0.05, 0) is 43.4 Å². The number of carbonyl (C=O) groups is 2. The Balaban J connectivity index is 1.74. The molecule has 7 heteroatoms. The van der Waals surface area contributed by atoms with Crippen LogP contribution in [0.15, 0.2) is 24.3 Å². The molecule has 2 atom stereocenters. The van der Waals surface area contributed by atoms with Crippen LogP contribution in [0.1, 0.15) is 42.1 Å². The number of rotatable bonds is 1. The summed E-state index contributed by atoms with van der Waals surface area (Å²) in [5.41, 5.74) is -0.749. The van der Waals surface area contributed by atoms with E-state index in [9.17, 15) is 22.8 Å². The van der Waals surface area contributed by atoms with Gasteiger partial charge in [-0.15, -0.1) is 0 Å². The Morgan fingerprint density at radius 1 is 1.16 bits per heavy atom. The van der Waals surface area contributed by atoms with Crippen molar-refractivity contribution in [3.05, 3.63) is 35.4 Å². The van der Waals surface area contributed by atoms with Gasteiger partial charge in [0.1, 0.15) is 0 Å². The van der Waals surface area contributed by atoms with Gasteiger partial charge in [0.25, 0.3) is 5.91 Å². The molecule has 0 radical (unpaired) electrons. The van der Waals surface area contributed by atoms with E-state index < -0.39 is 11.7 Å². The summed E-state index contributed by atoms with van der Waals surface area (Å²) in [4.78, 5) is 27.9. The van der Waals surface area contributed by atoms with E-state index in [4.69, 9.17) is 0 Å². The van der Waals surface area contributed by atoms with Gasteiger partial charge in [-0.1, -0.05) is 6.07 Å². The fourth-order valence-corrected chi connectivity index (χ4v) is 3.99. The van der Waals surface area contributed by atoms with Gasteiger partial charge in [0.05, 0.1) is 5.56 Å². The quantitative estimate of drug-likeness (QED) is 0.777. The number of nitrogens with zero attached hydrogens (tertiary/aromatic N) is 2. The lowest BCUT2D eigenvalue weighted by atomic mass is 9.83. The second kappa shape index (κ2) is 6.69. The molecule has 0 bridgehead atoms. The average molecular weight is 354 g/mol. The van der Waals surface area contributed by atoms with Crippen LogP contribution in [0.2, 0.25) is 0 Å². The molecule has 0 unspecified atom stereocenters. The molecule has 136 valence electrons. The maximum absolute atomic E-state index is 12.9. The van der Waals surface area contributed by atoms with E-state index in [2.05, 4.69) is 0 Å². The Bertz CT molecular complexity index is 675. The number of alkyl halides is 3. The van der Waals surface area contributed by atoms with Gasteiger partial charge < -0.3 is 9.80 Å². The first kappa shape index (κ1) is 17.8. The van der Waals surface area contributed by atoms with Crippen molar-refractivity contribution in [2.75, 3.05) is 19.6 Å². The SMILES string of the molecule is CC(=O)N1CCC[C@@H]2CN(C(=O)c3cccc(C(F)(F)F)c3)CC[C@H]21. The van der Waals surface area contributed by atoms with Crippen LogP contribution in [0.3, 0.4) is 0 Å². The van der Waals surface area contributed by atoms with Gasteiger partial charge in [-0.25, -0.2) is 0 Å². The molecule has 2 aliphatic rings. The number of benzene rings is 1. The van der Waals surface area contributed by atoms with Crippen LogP contribution in [0.25, 0.3) is 0 Å². The molecule has 1 aromatic rings. The van der Waals surface area contributed by atoms with Crippen molar-refractivity contribution >= 4 is 11.8 Å². The molecule has 1 aromatic carbocycles. The second-order valence-corrected chi connectivity index (χ2v) is 6.80. The third-order valence-corrected chi connectivity index (χ3v) is 5.20. The lowest BCUT2D eigenvalue weighted by Gasteiger charge is -2.47. The van der Waals surface area contributed by atoms with E-state index in [1.54, 1.807) is 11.8 Å². The number of fused-ring (bicyclic) bond motifs is 1. The number of likely N-dealkylation sites (tertiary alicyclic amines) is 2. The molecule has 0 saturated carbocycles. The normalized spacial score (nSPS) is 24.0. The Labute approximate surface area is 144 Å². The molecular formula is C18H21F3N2O2. The first-order valence-electron chi connectivity index (χ1n) is 8.51. The molecule has 2 amide bonds. The van der Waals surface area contributed by atoms with Crippen LogP contribution in [0.5, 0.6) is 0 Å². The molecule has 2 aliphatic heterocycles. The van der Waals surface area contributed by atoms with Crippen LogP contribution >= 0.6 is 0 Å². The number of hydrogen-bond donors (Lipinski definition) is 0. The van der Waals surface area contributed by atoms with Crippen molar-refractivity contribution in [2.24, 2.45) is 5.92 Å². The minimum atomic E-state index is -4.46. The second-order valence-electron chi connectivity index (χ2n) is 6.80. The Hall–Kier alpha value is -2.05. The van der Waals surface area contributed by atoms with Crippen molar-refractivity contribution in [2.45, 2.75) is 38.4 Å². The highest BCUT2D eigenvalue weighted by molar-refractivity contribution is 5.94. The van der Waals surface area contributed by atoms with Gasteiger partial charge in [0, 0.05) is 38.2 Å². The Kier molecular flexibility index (Phi) is 4.75. The fourth-order valence-electron chi connectivity index (χ4n) is 3.99. The summed E-state index contributed by atoms with van der Waals surface area (Å²) >= 11 is 0. The molecule has 25 heavy (non-hydrogen) atoms. The molecule has 3 rings (SSSR count). The third kappa shape index (κ3) is 3.65. The van der Waals surface area contributed by atoms with Crippen LogP contribution in [-0.4, -0.2) is 47.3 Å². The molecule has 0 aromatic heterocycles. The zero-order valence-electron chi connectivity index (χ0n) is 14.1. The molecule has 0 spiro atoms. The highest BCUT2D eigenvalue weighted by Crippen LogP contribution is 2.32. The molecule has 0 aliphatic carbocycles. The number of amides is 2. The standard InChI is InChI=1S/C18H21F3N2O2/c1-12(24)23-8-3-5-14-11-22(9-7-16(14)23)17(25)13-4-2-6-15(10-13)18(19,20)21/h2,4,6,10,14,16H,3,5,7-9,11H2,1H3/t14-,16-/m1/s1. The summed E-state index contributed by atoms with van der Waals surface area (Å²) in [6.45, 7) is 3.25. The lowest BCUT2D eigenvalue weighted by molar-refractivity contribution is -0.137. The fraction of sp³-hybridized carbons (Fsp3) is 0.556. The first-order valence-corrected chi connectivity index (χ1v) is 8.51. The zero-order valence-corrected chi connectivity index (χ0v) is 14.1. The van der Waals surface area contributed by atoms with Crippen molar-refractivity contribution in [3.8, 4) is 0 Å². The average Bonchev–Trinajstić information content (AvgIpc) is 2.59. The van der Waals surface area contributed by atoms with Gasteiger partial charge in [-0.2, -0.15) is 13.2 Å². The van der Waals surface area contributed by atoms with Crippen LogP contribution in [0, 0.1) is 5.92 Å². The van der Waals surface area contributed by atoms with E-state index in [1.165, 1.54) is 12.1 Å². The molecule has 0 N–H and O–H groups in total. The van der Waals surface area contributed by atoms with Crippen molar-refractivity contribution in [1.29, 1.82) is 0 Å². The monoisotopic (exact) mass is 354 g/mol. The lowest BCUT2D eigenvalue weighted by Crippen LogP contribution is -2.56. The van der Waals surface area contributed by atoms with E-state index in [0.717, 1.165) is 31.5 Å². The minimum absolute atomic E-state index is 0.0485. The summed E-state index contributed by atoms with van der Waals surface area (Å²) in [7, 11) is 0. The van der Waals surface area contributed by atoms with Gasteiger partial charge in [-0.3, -0.25) is 9.59 Å².